The summed E-state index contributed by atoms with van der Waals surface area (Å²) < 4.78 is 34.7. The van der Waals surface area contributed by atoms with Gasteiger partial charge in [-0.05, 0) is 73.0 Å². The Morgan fingerprint density at radius 3 is 1.28 bits per heavy atom. The van der Waals surface area contributed by atoms with Crippen LogP contribution in [0.3, 0.4) is 0 Å². The van der Waals surface area contributed by atoms with Gasteiger partial charge in [-0.1, -0.05) is 81.1 Å². The van der Waals surface area contributed by atoms with Crippen LogP contribution in [0.2, 0.25) is 0 Å². The number of rotatable bonds is 18. The Bertz CT molecular complexity index is 1530. The molecule has 0 amide bonds. The molecule has 0 aliphatic rings. The summed E-state index contributed by atoms with van der Waals surface area (Å²) in [7, 11) is 0. The van der Waals surface area contributed by atoms with Gasteiger partial charge in [0.2, 0.25) is 0 Å². The highest BCUT2D eigenvalue weighted by Crippen LogP contribution is 2.20. The van der Waals surface area contributed by atoms with E-state index in [0.29, 0.717) is 35.0 Å². The number of hydrogen-bond acceptors (Lipinski definition) is 8. The van der Waals surface area contributed by atoms with Crippen LogP contribution in [0.25, 0.3) is 0 Å². The lowest BCUT2D eigenvalue weighted by Crippen LogP contribution is -2.32. The van der Waals surface area contributed by atoms with Crippen molar-refractivity contribution in [3.8, 4) is 23.0 Å². The minimum Gasteiger partial charge on any atom is -0.490 e. The molecule has 8 nitrogen and oxygen atoms in total. The number of ether oxygens (including phenoxy) is 6. The normalized spacial score (nSPS) is 12.0. The molecule has 0 radical (unpaired) electrons. The first-order valence-electron chi connectivity index (χ1n) is 15.6. The van der Waals surface area contributed by atoms with Crippen LogP contribution in [0.1, 0.15) is 31.9 Å². The van der Waals surface area contributed by atoms with Crippen molar-refractivity contribution in [2.24, 2.45) is 5.92 Å². The van der Waals surface area contributed by atoms with Crippen molar-refractivity contribution in [3.05, 3.63) is 132 Å². The summed E-state index contributed by atoms with van der Waals surface area (Å²) in [6.45, 7) is 9.46. The number of carbonyl (C=O) groups is 2. The van der Waals surface area contributed by atoms with E-state index in [0.717, 1.165) is 11.1 Å². The average molecular weight is 639 g/mol. The summed E-state index contributed by atoms with van der Waals surface area (Å²) in [4.78, 5) is 24.4. The maximum absolute atomic E-state index is 12.3. The fourth-order valence-corrected chi connectivity index (χ4v) is 4.22. The Kier molecular flexibility index (Phi) is 13.3. The fourth-order valence-electron chi connectivity index (χ4n) is 4.22. The van der Waals surface area contributed by atoms with Crippen LogP contribution >= 0.6 is 0 Å². The van der Waals surface area contributed by atoms with E-state index in [1.54, 1.807) is 20.8 Å². The van der Waals surface area contributed by atoms with Gasteiger partial charge >= 0.3 is 11.9 Å². The van der Waals surface area contributed by atoms with E-state index in [9.17, 15) is 9.59 Å². The Hall–Kier alpha value is -5.24. The molecule has 47 heavy (non-hydrogen) atoms. The van der Waals surface area contributed by atoms with E-state index in [4.69, 9.17) is 28.4 Å². The van der Waals surface area contributed by atoms with Gasteiger partial charge in [0.05, 0.1) is 5.92 Å². The lowest BCUT2D eigenvalue weighted by Gasteiger charge is -2.20. The SMILES string of the molecule is C=C(C)C(=O)OC(COc1ccccc1)COc1ccc(Cc2ccc(OCC(COc3ccccc3)OC(=O)C(C)C)cc2)cc1. The zero-order chi connectivity index (χ0) is 33.4. The minimum atomic E-state index is -0.617. The quantitative estimate of drug-likeness (QED) is 0.0832. The molecular formula is C39H42O8. The van der Waals surface area contributed by atoms with Gasteiger partial charge in [-0.3, -0.25) is 4.79 Å². The lowest BCUT2D eigenvalue weighted by molar-refractivity contribution is -0.156. The van der Waals surface area contributed by atoms with Crippen LogP contribution in [0.15, 0.2) is 121 Å². The van der Waals surface area contributed by atoms with Gasteiger partial charge in [0.15, 0.2) is 12.2 Å². The monoisotopic (exact) mass is 638 g/mol. The third-order valence-electron chi connectivity index (χ3n) is 6.86. The summed E-state index contributed by atoms with van der Waals surface area (Å²) in [6, 6.07) is 34.3. The van der Waals surface area contributed by atoms with Gasteiger partial charge in [0.25, 0.3) is 0 Å². The molecule has 2 atom stereocenters. The molecule has 0 spiro atoms. The zero-order valence-corrected chi connectivity index (χ0v) is 27.1. The molecule has 8 heteroatoms. The number of hydrogen-bond donors (Lipinski definition) is 0. The Morgan fingerprint density at radius 2 is 0.915 bits per heavy atom. The summed E-state index contributed by atoms with van der Waals surface area (Å²) >= 11 is 0. The topological polar surface area (TPSA) is 89.5 Å². The molecule has 0 aliphatic heterocycles. The van der Waals surface area contributed by atoms with E-state index in [1.807, 2.05) is 109 Å². The number of benzene rings is 4. The third kappa shape index (κ3) is 12.2. The molecule has 0 heterocycles. The standard InChI is InChI=1S/C39H42O8/c1-28(2)38(40)46-36(24-42-32-11-7-5-8-12-32)26-44-34-19-15-30(16-20-34)23-31-17-21-35(22-18-31)45-27-37(47-39(41)29(3)4)25-43-33-13-9-6-10-14-33/h5-22,29,36-37H,1,23-27H2,2-4H3. The molecule has 0 N–H and O–H groups in total. The maximum atomic E-state index is 12.3. The number of esters is 2. The summed E-state index contributed by atoms with van der Waals surface area (Å²) in [5.41, 5.74) is 2.51. The highest BCUT2D eigenvalue weighted by molar-refractivity contribution is 5.87. The maximum Gasteiger partial charge on any atom is 0.333 e. The Morgan fingerprint density at radius 1 is 0.553 bits per heavy atom. The molecular weight excluding hydrogens is 596 g/mol. The molecule has 0 bridgehead atoms. The van der Waals surface area contributed by atoms with Gasteiger partial charge < -0.3 is 28.4 Å². The van der Waals surface area contributed by atoms with Crippen molar-refractivity contribution in [2.75, 3.05) is 26.4 Å². The van der Waals surface area contributed by atoms with E-state index in [1.165, 1.54) is 0 Å². The molecule has 2 unspecified atom stereocenters. The van der Waals surface area contributed by atoms with E-state index >= 15 is 0 Å². The van der Waals surface area contributed by atoms with Crippen molar-refractivity contribution in [1.82, 2.24) is 0 Å². The van der Waals surface area contributed by atoms with Gasteiger partial charge in [-0.2, -0.15) is 0 Å². The second kappa shape index (κ2) is 18.0. The first-order chi connectivity index (χ1) is 22.7. The third-order valence-corrected chi connectivity index (χ3v) is 6.86. The van der Waals surface area contributed by atoms with E-state index in [-0.39, 0.29) is 38.3 Å². The van der Waals surface area contributed by atoms with Crippen LogP contribution in [-0.2, 0) is 25.5 Å². The predicted molar refractivity (Wildman–Crippen MR) is 180 cm³/mol. The molecule has 4 aromatic carbocycles. The largest absolute Gasteiger partial charge is 0.490 e. The molecule has 0 fully saturated rings. The van der Waals surface area contributed by atoms with Crippen molar-refractivity contribution in [3.63, 3.8) is 0 Å². The first-order valence-corrected chi connectivity index (χ1v) is 15.6. The summed E-state index contributed by atoms with van der Waals surface area (Å²) in [5, 5.41) is 0. The van der Waals surface area contributed by atoms with Gasteiger partial charge in [0.1, 0.15) is 49.4 Å². The highest BCUT2D eigenvalue weighted by atomic mass is 16.6. The first kappa shape index (κ1) is 34.6. The Labute approximate surface area is 276 Å². The van der Waals surface area contributed by atoms with Gasteiger partial charge in [-0.25, -0.2) is 4.79 Å². The molecule has 0 aliphatic carbocycles. The average Bonchev–Trinajstić information content (AvgIpc) is 3.09. The van der Waals surface area contributed by atoms with E-state index in [2.05, 4.69) is 6.58 Å². The summed E-state index contributed by atoms with van der Waals surface area (Å²) in [6.07, 6.45) is -0.465. The zero-order valence-electron chi connectivity index (χ0n) is 27.1. The van der Waals surface area contributed by atoms with Crippen molar-refractivity contribution in [2.45, 2.75) is 39.4 Å². The van der Waals surface area contributed by atoms with Crippen molar-refractivity contribution < 1.29 is 38.0 Å². The second-order valence-electron chi connectivity index (χ2n) is 11.4. The molecule has 246 valence electrons. The number of para-hydroxylation sites is 2. The second-order valence-corrected chi connectivity index (χ2v) is 11.4. The number of carbonyl (C=O) groups excluding carboxylic acids is 2. The lowest BCUT2D eigenvalue weighted by atomic mass is 10.0. The molecule has 4 aromatic rings. The van der Waals surface area contributed by atoms with E-state index < -0.39 is 18.2 Å². The van der Waals surface area contributed by atoms with Crippen LogP contribution in [0, 0.1) is 5.92 Å². The molecule has 0 aromatic heterocycles. The Balaban J connectivity index is 1.27. The van der Waals surface area contributed by atoms with Gasteiger partial charge in [-0.15, -0.1) is 0 Å². The smallest absolute Gasteiger partial charge is 0.333 e. The van der Waals surface area contributed by atoms with Gasteiger partial charge in [0, 0.05) is 5.57 Å². The summed E-state index contributed by atoms with van der Waals surface area (Å²) in [5.74, 6) is 1.65. The van der Waals surface area contributed by atoms with Crippen LogP contribution in [0.4, 0.5) is 0 Å². The highest BCUT2D eigenvalue weighted by Gasteiger charge is 2.20. The van der Waals surface area contributed by atoms with Crippen LogP contribution in [-0.4, -0.2) is 50.6 Å². The van der Waals surface area contributed by atoms with Crippen molar-refractivity contribution in [1.29, 1.82) is 0 Å². The minimum absolute atomic E-state index is 0.128. The molecule has 0 saturated carbocycles. The predicted octanol–water partition coefficient (Wildman–Crippen LogP) is 7.25. The molecule has 4 rings (SSSR count). The fraction of sp³-hybridized carbons (Fsp3) is 0.282. The van der Waals surface area contributed by atoms with Crippen LogP contribution < -0.4 is 18.9 Å². The van der Waals surface area contributed by atoms with Crippen molar-refractivity contribution >= 4 is 11.9 Å². The van der Waals surface area contributed by atoms with Crippen LogP contribution in [0.5, 0.6) is 23.0 Å². The molecule has 0 saturated heterocycles.